The predicted octanol–water partition coefficient (Wildman–Crippen LogP) is 6.33. The average Bonchev–Trinajstić information content (AvgIpc) is 2.93. The summed E-state index contributed by atoms with van der Waals surface area (Å²) in [7, 11) is 0. The van der Waals surface area contributed by atoms with E-state index in [1.807, 2.05) is 29.6 Å². The molecule has 6 heteroatoms. The van der Waals surface area contributed by atoms with E-state index in [9.17, 15) is 5.11 Å². The number of hydrogen-bond acceptors (Lipinski definition) is 3. The van der Waals surface area contributed by atoms with Crippen molar-refractivity contribution >= 4 is 80.5 Å². The molecule has 0 fully saturated rings. The lowest BCUT2D eigenvalue weighted by molar-refractivity contribution is 0.222. The number of halogens is 3. The molecule has 0 radical (unpaired) electrons. The molecule has 0 spiro atoms. The lowest BCUT2D eigenvalue weighted by Gasteiger charge is -2.09. The van der Waals surface area contributed by atoms with Gasteiger partial charge in [0, 0.05) is 20.3 Å². The minimum atomic E-state index is -0.611. The first-order chi connectivity index (χ1) is 9.08. The van der Waals surface area contributed by atoms with Crippen LogP contribution in [0.5, 0.6) is 0 Å². The Morgan fingerprint density at radius 2 is 1.89 bits per heavy atom. The lowest BCUT2D eigenvalue weighted by Crippen LogP contribution is -1.97. The van der Waals surface area contributed by atoms with Crippen molar-refractivity contribution in [3.05, 3.63) is 52.8 Å². The largest absolute Gasteiger partial charge is 0.384 e. The first-order valence-electron chi connectivity index (χ1n) is 5.36. The zero-order chi connectivity index (χ0) is 13.6. The first-order valence-corrected chi connectivity index (χ1v) is 9.44. The highest BCUT2D eigenvalue weighted by atomic mass is 79.9. The summed E-state index contributed by atoms with van der Waals surface area (Å²) in [5.74, 6) is 0. The summed E-state index contributed by atoms with van der Waals surface area (Å²) < 4.78 is 4.20. The molecule has 0 aliphatic heterocycles. The second kappa shape index (κ2) is 5.58. The first kappa shape index (κ1) is 14.2. The Kier molecular flexibility index (Phi) is 4.18. The van der Waals surface area contributed by atoms with Crippen molar-refractivity contribution in [2.75, 3.05) is 0 Å². The van der Waals surface area contributed by atoms with Crippen LogP contribution in [-0.2, 0) is 0 Å². The number of thiophene rings is 2. The van der Waals surface area contributed by atoms with Gasteiger partial charge in [0.05, 0.1) is 7.57 Å². The molecule has 3 aromatic rings. The molecule has 1 atom stereocenters. The van der Waals surface area contributed by atoms with E-state index in [2.05, 4.69) is 47.8 Å². The van der Waals surface area contributed by atoms with Gasteiger partial charge in [-0.1, -0.05) is 12.1 Å². The van der Waals surface area contributed by atoms with Gasteiger partial charge in [0.1, 0.15) is 6.10 Å². The Morgan fingerprint density at radius 1 is 1.11 bits per heavy atom. The molecule has 1 N–H and O–H groups in total. The van der Waals surface area contributed by atoms with Crippen molar-refractivity contribution in [2.45, 2.75) is 6.10 Å². The molecule has 0 aliphatic rings. The van der Waals surface area contributed by atoms with Crippen LogP contribution in [0.3, 0.4) is 0 Å². The van der Waals surface area contributed by atoms with E-state index >= 15 is 0 Å². The van der Waals surface area contributed by atoms with Crippen LogP contribution in [0.1, 0.15) is 17.2 Å². The summed E-state index contributed by atoms with van der Waals surface area (Å²) in [6.07, 6.45) is -0.611. The van der Waals surface area contributed by atoms with E-state index in [0.717, 1.165) is 28.6 Å². The third-order valence-corrected chi connectivity index (χ3v) is 7.21. The molecule has 0 amide bonds. The van der Waals surface area contributed by atoms with E-state index < -0.39 is 6.10 Å². The maximum atomic E-state index is 10.6. The minimum Gasteiger partial charge on any atom is -0.384 e. The number of aliphatic hydroxyl groups is 1. The van der Waals surface area contributed by atoms with Crippen molar-refractivity contribution in [3.63, 3.8) is 0 Å². The predicted molar refractivity (Wildman–Crippen MR) is 93.3 cm³/mol. The molecule has 1 unspecified atom stereocenters. The van der Waals surface area contributed by atoms with Gasteiger partial charge in [0.2, 0.25) is 0 Å². The topological polar surface area (TPSA) is 20.2 Å². The maximum Gasteiger partial charge on any atom is 0.107 e. The molecule has 2 heterocycles. The molecular formula is C13H7Br3OS2. The smallest absolute Gasteiger partial charge is 0.107 e. The van der Waals surface area contributed by atoms with Gasteiger partial charge >= 0.3 is 0 Å². The molecule has 0 aliphatic carbocycles. The van der Waals surface area contributed by atoms with Crippen LogP contribution in [0.25, 0.3) is 10.1 Å². The molecule has 2 aromatic heterocycles. The third kappa shape index (κ3) is 2.59. The number of rotatable bonds is 2. The standard InChI is InChI=1S/C13H7Br3OS2/c14-9-3-1-2-6-8(5-18-12(6)9)11(17)7-4-10(15)19-13(7)16/h1-5,11,17H. The van der Waals surface area contributed by atoms with Crippen molar-refractivity contribution in [1.82, 2.24) is 0 Å². The highest BCUT2D eigenvalue weighted by molar-refractivity contribution is 9.12. The van der Waals surface area contributed by atoms with Crippen molar-refractivity contribution in [1.29, 1.82) is 0 Å². The molecular weight excluding hydrogens is 476 g/mol. The fourth-order valence-electron chi connectivity index (χ4n) is 1.96. The second-order valence-corrected chi connectivity index (χ2v) is 9.47. The number of benzene rings is 1. The molecule has 0 saturated heterocycles. The van der Waals surface area contributed by atoms with Crippen LogP contribution >= 0.6 is 70.5 Å². The Labute approximate surface area is 143 Å². The minimum absolute atomic E-state index is 0.611. The second-order valence-electron chi connectivity index (χ2n) is 3.99. The van der Waals surface area contributed by atoms with Crippen molar-refractivity contribution in [2.24, 2.45) is 0 Å². The van der Waals surface area contributed by atoms with Crippen LogP contribution < -0.4 is 0 Å². The SMILES string of the molecule is OC(c1cc(Br)sc1Br)c1csc2c(Br)cccc12. The van der Waals surface area contributed by atoms with Crippen LogP contribution in [0, 0.1) is 0 Å². The van der Waals surface area contributed by atoms with Crippen LogP contribution in [0.2, 0.25) is 0 Å². The highest BCUT2D eigenvalue weighted by Gasteiger charge is 2.20. The maximum absolute atomic E-state index is 10.6. The van der Waals surface area contributed by atoms with Crippen LogP contribution in [-0.4, -0.2) is 5.11 Å². The van der Waals surface area contributed by atoms with Crippen molar-refractivity contribution in [3.8, 4) is 0 Å². The average molecular weight is 483 g/mol. The molecule has 19 heavy (non-hydrogen) atoms. The van der Waals surface area contributed by atoms with E-state index in [-0.39, 0.29) is 0 Å². The van der Waals surface area contributed by atoms with Gasteiger partial charge < -0.3 is 5.11 Å². The van der Waals surface area contributed by atoms with Crippen LogP contribution in [0.4, 0.5) is 0 Å². The van der Waals surface area contributed by atoms with E-state index in [1.165, 1.54) is 4.70 Å². The van der Waals surface area contributed by atoms with E-state index in [0.29, 0.717) is 0 Å². The fourth-order valence-corrected chi connectivity index (χ4v) is 6.49. The number of fused-ring (bicyclic) bond motifs is 1. The fraction of sp³-hybridized carbons (Fsp3) is 0.0769. The number of hydrogen-bond donors (Lipinski definition) is 1. The molecule has 1 aromatic carbocycles. The summed E-state index contributed by atoms with van der Waals surface area (Å²) in [6, 6.07) is 8.02. The number of aliphatic hydroxyl groups excluding tert-OH is 1. The van der Waals surface area contributed by atoms with Gasteiger partial charge in [-0.15, -0.1) is 22.7 Å². The summed E-state index contributed by atoms with van der Waals surface area (Å²) in [6.45, 7) is 0. The normalized spacial score (nSPS) is 13.1. The Hall–Kier alpha value is 0.280. The van der Waals surface area contributed by atoms with Gasteiger partial charge in [-0.2, -0.15) is 0 Å². The zero-order valence-electron chi connectivity index (χ0n) is 9.36. The monoisotopic (exact) mass is 480 g/mol. The molecule has 0 saturated carbocycles. The quantitative estimate of drug-likeness (QED) is 0.452. The molecule has 98 valence electrons. The lowest BCUT2D eigenvalue weighted by atomic mass is 10.0. The van der Waals surface area contributed by atoms with Gasteiger partial charge in [-0.25, -0.2) is 0 Å². The molecule has 0 bridgehead atoms. The van der Waals surface area contributed by atoms with E-state index in [1.54, 1.807) is 22.7 Å². The highest BCUT2D eigenvalue weighted by Crippen LogP contribution is 2.42. The summed E-state index contributed by atoms with van der Waals surface area (Å²) >= 11 is 13.7. The summed E-state index contributed by atoms with van der Waals surface area (Å²) in [4.78, 5) is 0. The molecule has 3 rings (SSSR count). The van der Waals surface area contributed by atoms with Gasteiger partial charge in [-0.05, 0) is 70.7 Å². The van der Waals surface area contributed by atoms with Gasteiger partial charge in [-0.3, -0.25) is 0 Å². The summed E-state index contributed by atoms with van der Waals surface area (Å²) in [5, 5.41) is 13.7. The van der Waals surface area contributed by atoms with Gasteiger partial charge in [0.15, 0.2) is 0 Å². The third-order valence-electron chi connectivity index (χ3n) is 2.85. The molecule has 1 nitrogen and oxygen atoms in total. The summed E-state index contributed by atoms with van der Waals surface area (Å²) in [5.41, 5.74) is 1.85. The Bertz CT molecular complexity index is 748. The van der Waals surface area contributed by atoms with Crippen molar-refractivity contribution < 1.29 is 5.11 Å². The van der Waals surface area contributed by atoms with E-state index in [4.69, 9.17) is 0 Å². The Morgan fingerprint density at radius 3 is 2.58 bits per heavy atom. The Balaban J connectivity index is 2.14. The zero-order valence-corrected chi connectivity index (χ0v) is 15.8. The van der Waals surface area contributed by atoms with Crippen LogP contribution in [0.15, 0.2) is 41.7 Å². The van der Waals surface area contributed by atoms with Gasteiger partial charge in [0.25, 0.3) is 0 Å².